The molecule has 0 atom stereocenters. The summed E-state index contributed by atoms with van der Waals surface area (Å²) in [4.78, 5) is 28.9. The number of aliphatic carboxylic acids is 1. The van der Waals surface area contributed by atoms with Gasteiger partial charge in [-0.2, -0.15) is 0 Å². The van der Waals surface area contributed by atoms with E-state index in [1.807, 2.05) is 6.07 Å². The van der Waals surface area contributed by atoms with Gasteiger partial charge in [-0.1, -0.05) is 24.3 Å². The molecule has 5 nitrogen and oxygen atoms in total. The predicted molar refractivity (Wildman–Crippen MR) is 82.3 cm³/mol. The Balaban J connectivity index is 2.30. The van der Waals surface area contributed by atoms with E-state index >= 15 is 0 Å². The number of anilines is 1. The van der Waals surface area contributed by atoms with Crippen LogP contribution in [0.4, 0.5) is 5.69 Å². The second-order valence-electron chi connectivity index (χ2n) is 4.28. The number of rotatable bonds is 5. The number of carboxylic acid groups (broad SMARTS) is 1. The van der Waals surface area contributed by atoms with Crippen molar-refractivity contribution >= 4 is 33.5 Å². The first-order chi connectivity index (χ1) is 10.1. The number of hydrogen-bond donors (Lipinski definition) is 1. The predicted octanol–water partition coefficient (Wildman–Crippen LogP) is 2.97. The Morgan fingerprint density at radius 1 is 1.10 bits per heavy atom. The zero-order valence-corrected chi connectivity index (χ0v) is 12.7. The lowest BCUT2D eigenvalue weighted by atomic mass is 10.2. The molecule has 6 heteroatoms. The molecule has 0 saturated heterocycles. The Kier molecular flexibility index (Phi) is 5.05. The molecule has 1 N–H and O–H groups in total. The number of hydrogen-bond acceptors (Lipinski definition) is 3. The Bertz CT molecular complexity index is 646. The minimum absolute atomic E-state index is 0.0897. The average Bonchev–Trinajstić information content (AvgIpc) is 2.48. The van der Waals surface area contributed by atoms with Gasteiger partial charge in [-0.15, -0.1) is 0 Å². The van der Waals surface area contributed by atoms with Crippen LogP contribution in [0.2, 0.25) is 0 Å². The zero-order chi connectivity index (χ0) is 15.2. The van der Waals surface area contributed by atoms with E-state index in [-0.39, 0.29) is 24.6 Å². The summed E-state index contributed by atoms with van der Waals surface area (Å²) in [6.07, 6.45) is -0.130. The van der Waals surface area contributed by atoms with Crippen molar-refractivity contribution in [1.82, 2.24) is 4.98 Å². The minimum atomic E-state index is -0.953. The van der Waals surface area contributed by atoms with Crippen molar-refractivity contribution in [3.05, 3.63) is 58.8 Å². The first-order valence-electron chi connectivity index (χ1n) is 6.29. The van der Waals surface area contributed by atoms with E-state index in [0.717, 1.165) is 0 Å². The molecule has 0 spiro atoms. The molecule has 1 heterocycles. The zero-order valence-electron chi connectivity index (χ0n) is 11.1. The lowest BCUT2D eigenvalue weighted by Gasteiger charge is -2.21. The molecular weight excluding hydrogens is 336 g/mol. The van der Waals surface area contributed by atoms with E-state index in [0.29, 0.717) is 10.3 Å². The number of carbonyl (C=O) groups is 2. The fourth-order valence-corrected chi connectivity index (χ4v) is 2.17. The maximum absolute atomic E-state index is 12.6. The quantitative estimate of drug-likeness (QED) is 0.843. The Labute approximate surface area is 130 Å². The van der Waals surface area contributed by atoms with Crippen molar-refractivity contribution in [1.29, 1.82) is 0 Å². The Morgan fingerprint density at radius 2 is 1.81 bits per heavy atom. The molecule has 0 saturated carbocycles. The van der Waals surface area contributed by atoms with E-state index in [1.165, 1.54) is 4.90 Å². The van der Waals surface area contributed by atoms with Crippen molar-refractivity contribution in [2.24, 2.45) is 0 Å². The Hall–Kier alpha value is -2.21. The lowest BCUT2D eigenvalue weighted by Crippen LogP contribution is -2.33. The van der Waals surface area contributed by atoms with Crippen LogP contribution in [0, 0.1) is 0 Å². The maximum atomic E-state index is 12.6. The molecule has 0 bridgehead atoms. The highest BCUT2D eigenvalue weighted by Gasteiger charge is 2.19. The van der Waals surface area contributed by atoms with E-state index in [1.54, 1.807) is 42.5 Å². The molecular formula is C15H13BrN2O3. The summed E-state index contributed by atoms with van der Waals surface area (Å²) in [6, 6.07) is 14.0. The molecule has 0 fully saturated rings. The summed E-state index contributed by atoms with van der Waals surface area (Å²) in [6.45, 7) is 0.0897. The molecule has 2 aromatic rings. The van der Waals surface area contributed by atoms with Gasteiger partial charge in [-0.05, 0) is 40.2 Å². The van der Waals surface area contributed by atoms with Crippen LogP contribution in [-0.4, -0.2) is 28.5 Å². The van der Waals surface area contributed by atoms with Crippen molar-refractivity contribution in [2.75, 3.05) is 11.4 Å². The summed E-state index contributed by atoms with van der Waals surface area (Å²) >= 11 is 3.22. The number of carboxylic acids is 1. The van der Waals surface area contributed by atoms with Crippen LogP contribution in [0.15, 0.2) is 53.1 Å². The number of carbonyl (C=O) groups excluding carboxylic acids is 1. The van der Waals surface area contributed by atoms with Gasteiger partial charge in [0.15, 0.2) is 0 Å². The third kappa shape index (κ3) is 4.13. The second-order valence-corrected chi connectivity index (χ2v) is 5.09. The normalized spacial score (nSPS) is 10.1. The molecule has 108 valence electrons. The Morgan fingerprint density at radius 3 is 2.43 bits per heavy atom. The molecule has 0 unspecified atom stereocenters. The molecule has 0 aliphatic rings. The fraction of sp³-hybridized carbons (Fsp3) is 0.133. The van der Waals surface area contributed by atoms with Gasteiger partial charge >= 0.3 is 5.97 Å². The van der Waals surface area contributed by atoms with E-state index < -0.39 is 5.97 Å². The van der Waals surface area contributed by atoms with E-state index in [4.69, 9.17) is 5.11 Å². The second kappa shape index (κ2) is 6.99. The van der Waals surface area contributed by atoms with Crippen molar-refractivity contribution in [3.63, 3.8) is 0 Å². The van der Waals surface area contributed by atoms with Crippen LogP contribution in [0.3, 0.4) is 0 Å². The number of aromatic nitrogens is 1. The highest BCUT2D eigenvalue weighted by Crippen LogP contribution is 2.17. The molecule has 1 amide bonds. The first kappa shape index (κ1) is 15.2. The van der Waals surface area contributed by atoms with Gasteiger partial charge < -0.3 is 10.0 Å². The average molecular weight is 349 g/mol. The van der Waals surface area contributed by atoms with E-state index in [9.17, 15) is 9.59 Å². The van der Waals surface area contributed by atoms with Crippen molar-refractivity contribution in [2.45, 2.75) is 6.42 Å². The van der Waals surface area contributed by atoms with Crippen molar-refractivity contribution < 1.29 is 14.7 Å². The first-order valence-corrected chi connectivity index (χ1v) is 7.08. The van der Waals surface area contributed by atoms with Gasteiger partial charge in [-0.25, -0.2) is 4.98 Å². The number of nitrogens with zero attached hydrogens (tertiary/aromatic N) is 2. The minimum Gasteiger partial charge on any atom is -0.481 e. The number of amides is 1. The van der Waals surface area contributed by atoms with Crippen LogP contribution in [-0.2, 0) is 4.79 Å². The number of pyridine rings is 1. The van der Waals surface area contributed by atoms with Gasteiger partial charge in [-0.3, -0.25) is 9.59 Å². The monoisotopic (exact) mass is 348 g/mol. The summed E-state index contributed by atoms with van der Waals surface area (Å²) in [5, 5.41) is 8.84. The highest BCUT2D eigenvalue weighted by atomic mass is 79.9. The van der Waals surface area contributed by atoms with Crippen LogP contribution in [0.5, 0.6) is 0 Å². The highest BCUT2D eigenvalue weighted by molar-refractivity contribution is 9.10. The van der Waals surface area contributed by atoms with Gasteiger partial charge in [0.1, 0.15) is 10.3 Å². The van der Waals surface area contributed by atoms with Crippen LogP contribution >= 0.6 is 15.9 Å². The van der Waals surface area contributed by atoms with Crippen LogP contribution < -0.4 is 4.90 Å². The van der Waals surface area contributed by atoms with Gasteiger partial charge in [0, 0.05) is 12.2 Å². The molecule has 21 heavy (non-hydrogen) atoms. The topological polar surface area (TPSA) is 70.5 Å². The maximum Gasteiger partial charge on any atom is 0.305 e. The number of halogens is 1. The standard InChI is InChI=1S/C15H13BrN2O3/c16-13-8-4-7-12(17-13)15(21)18(10-9-14(19)20)11-5-2-1-3-6-11/h1-8H,9-10H2,(H,19,20). The van der Waals surface area contributed by atoms with Gasteiger partial charge in [0.05, 0.1) is 6.42 Å². The third-order valence-corrected chi connectivity index (χ3v) is 3.24. The molecule has 1 aromatic carbocycles. The van der Waals surface area contributed by atoms with Crippen molar-refractivity contribution in [3.8, 4) is 0 Å². The fourth-order valence-electron chi connectivity index (χ4n) is 1.83. The summed E-state index contributed by atoms with van der Waals surface area (Å²) in [5.74, 6) is -1.28. The molecule has 2 rings (SSSR count). The third-order valence-electron chi connectivity index (χ3n) is 2.80. The SMILES string of the molecule is O=C(O)CCN(C(=O)c1cccc(Br)n1)c1ccccc1. The van der Waals surface area contributed by atoms with Crippen LogP contribution in [0.1, 0.15) is 16.9 Å². The smallest absolute Gasteiger partial charge is 0.305 e. The lowest BCUT2D eigenvalue weighted by molar-refractivity contribution is -0.136. The number of benzene rings is 1. The van der Waals surface area contributed by atoms with Gasteiger partial charge in [0.2, 0.25) is 0 Å². The molecule has 1 aromatic heterocycles. The largest absolute Gasteiger partial charge is 0.481 e. The molecule has 0 aliphatic heterocycles. The molecule has 0 radical (unpaired) electrons. The number of para-hydroxylation sites is 1. The van der Waals surface area contributed by atoms with Crippen LogP contribution in [0.25, 0.3) is 0 Å². The van der Waals surface area contributed by atoms with E-state index in [2.05, 4.69) is 20.9 Å². The van der Waals surface area contributed by atoms with Gasteiger partial charge in [0.25, 0.3) is 5.91 Å². The summed E-state index contributed by atoms with van der Waals surface area (Å²) < 4.78 is 0.555. The summed E-state index contributed by atoms with van der Waals surface area (Å²) in [7, 11) is 0. The molecule has 0 aliphatic carbocycles. The summed E-state index contributed by atoms with van der Waals surface area (Å²) in [5.41, 5.74) is 0.907.